The van der Waals surface area contributed by atoms with Crippen molar-refractivity contribution in [1.29, 1.82) is 0 Å². The van der Waals surface area contributed by atoms with Gasteiger partial charge in [-0.3, -0.25) is 4.79 Å². The summed E-state index contributed by atoms with van der Waals surface area (Å²) in [4.78, 5) is 41.3. The molecule has 220 valence electrons. The van der Waals surface area contributed by atoms with Gasteiger partial charge in [0.05, 0.1) is 29.3 Å². The van der Waals surface area contributed by atoms with Crippen LogP contribution in [-0.2, 0) is 19.6 Å². The molecule has 0 fully saturated rings. The van der Waals surface area contributed by atoms with Gasteiger partial charge < -0.3 is 29.6 Å². The molecule has 0 aliphatic carbocycles. The van der Waals surface area contributed by atoms with Crippen molar-refractivity contribution in [3.8, 4) is 11.5 Å². The quantitative estimate of drug-likeness (QED) is 0.179. The van der Waals surface area contributed by atoms with Gasteiger partial charge in [-0.05, 0) is 48.9 Å². The minimum atomic E-state index is -4.14. The average Bonchev–Trinajstić information content (AvgIpc) is 3.39. The van der Waals surface area contributed by atoms with Gasteiger partial charge in [0.15, 0.2) is 6.61 Å². The number of aliphatic carboxylic acids is 1. The number of H-pyrrole nitrogens is 1. The summed E-state index contributed by atoms with van der Waals surface area (Å²) in [5.74, 6) is -2.74. The predicted molar refractivity (Wildman–Crippen MR) is 154 cm³/mol. The van der Waals surface area contributed by atoms with Crippen molar-refractivity contribution >= 4 is 44.5 Å². The molecule has 4 aromatic rings. The Balaban J connectivity index is 1.72. The van der Waals surface area contributed by atoms with E-state index < -0.39 is 40.5 Å². The number of carbonyl (C=O) groups excluding carboxylic acids is 1. The van der Waals surface area contributed by atoms with Crippen LogP contribution in [-0.4, -0.2) is 61.7 Å². The minimum Gasteiger partial charge on any atom is -0.497 e. The average molecular weight is 596 g/mol. The van der Waals surface area contributed by atoms with Gasteiger partial charge in [0, 0.05) is 30.6 Å². The van der Waals surface area contributed by atoms with Crippen molar-refractivity contribution in [3.05, 3.63) is 84.1 Å². The SMILES string of the molecule is CCN(C(=O)CC(NS(=O)(=O)c1ccccc1)c1ccc(OCC(=O)O)c(C(=O)O)c1)c1c[nH]c2cc(OC)ccc12. The van der Waals surface area contributed by atoms with Crippen molar-refractivity contribution in [2.45, 2.75) is 24.3 Å². The second kappa shape index (κ2) is 12.7. The molecule has 0 saturated heterocycles. The molecule has 0 spiro atoms. The summed E-state index contributed by atoms with van der Waals surface area (Å²) in [6.45, 7) is 1.27. The monoisotopic (exact) mass is 595 g/mol. The van der Waals surface area contributed by atoms with E-state index in [1.165, 1.54) is 35.2 Å². The third-order valence-electron chi connectivity index (χ3n) is 6.49. The van der Waals surface area contributed by atoms with Crippen molar-refractivity contribution in [3.63, 3.8) is 0 Å². The smallest absolute Gasteiger partial charge is 0.341 e. The van der Waals surface area contributed by atoms with E-state index in [1.54, 1.807) is 56.6 Å². The number of anilines is 1. The molecule has 1 heterocycles. The van der Waals surface area contributed by atoms with Crippen LogP contribution in [0.1, 0.15) is 35.3 Å². The van der Waals surface area contributed by atoms with E-state index in [4.69, 9.17) is 14.6 Å². The fourth-order valence-electron chi connectivity index (χ4n) is 4.49. The maximum absolute atomic E-state index is 13.8. The van der Waals surface area contributed by atoms with Gasteiger partial charge in [-0.1, -0.05) is 24.3 Å². The van der Waals surface area contributed by atoms with Crippen LogP contribution >= 0.6 is 0 Å². The fourth-order valence-corrected chi connectivity index (χ4v) is 5.73. The Bertz CT molecular complexity index is 1720. The summed E-state index contributed by atoms with van der Waals surface area (Å²) in [7, 11) is -2.60. The molecule has 1 atom stereocenters. The van der Waals surface area contributed by atoms with Gasteiger partial charge in [0.25, 0.3) is 0 Å². The van der Waals surface area contributed by atoms with Crippen molar-refractivity contribution < 1.29 is 42.5 Å². The van der Waals surface area contributed by atoms with E-state index in [0.29, 0.717) is 11.4 Å². The number of hydrogen-bond donors (Lipinski definition) is 4. The lowest BCUT2D eigenvalue weighted by Crippen LogP contribution is -2.36. The number of carboxylic acids is 2. The van der Waals surface area contributed by atoms with Crippen LogP contribution in [0, 0.1) is 0 Å². The number of nitrogens with one attached hydrogen (secondary N) is 2. The van der Waals surface area contributed by atoms with Crippen molar-refractivity contribution in [2.75, 3.05) is 25.2 Å². The minimum absolute atomic E-state index is 0.0414. The molecule has 0 radical (unpaired) electrons. The number of amides is 1. The molecule has 1 amide bonds. The predicted octanol–water partition coefficient (Wildman–Crippen LogP) is 3.80. The summed E-state index contributed by atoms with van der Waals surface area (Å²) < 4.78 is 39.5. The molecule has 4 N–H and O–H groups in total. The molecule has 1 aromatic heterocycles. The number of aromatic nitrogens is 1. The topological polar surface area (TPSA) is 175 Å². The molecule has 1 unspecified atom stereocenters. The molecule has 42 heavy (non-hydrogen) atoms. The van der Waals surface area contributed by atoms with E-state index in [-0.39, 0.29) is 34.7 Å². The number of hydrogen-bond acceptors (Lipinski definition) is 7. The Kier molecular flexibility index (Phi) is 9.13. The van der Waals surface area contributed by atoms with E-state index in [1.807, 2.05) is 0 Å². The van der Waals surface area contributed by atoms with Gasteiger partial charge in [0.1, 0.15) is 17.1 Å². The third-order valence-corrected chi connectivity index (χ3v) is 7.98. The Hall–Kier alpha value is -4.88. The summed E-state index contributed by atoms with van der Waals surface area (Å²) in [6.07, 6.45) is 1.31. The zero-order valence-electron chi connectivity index (χ0n) is 22.7. The summed E-state index contributed by atoms with van der Waals surface area (Å²) in [5.41, 5.74) is 1.10. The first-order valence-electron chi connectivity index (χ1n) is 12.8. The molecule has 0 aliphatic heterocycles. The number of benzene rings is 3. The molecule has 0 bridgehead atoms. The van der Waals surface area contributed by atoms with E-state index >= 15 is 0 Å². The number of carbonyl (C=O) groups is 3. The highest BCUT2D eigenvalue weighted by molar-refractivity contribution is 7.89. The maximum atomic E-state index is 13.8. The van der Waals surface area contributed by atoms with Gasteiger partial charge in [-0.15, -0.1) is 0 Å². The van der Waals surface area contributed by atoms with Gasteiger partial charge in [-0.2, -0.15) is 0 Å². The fraction of sp³-hybridized carbons (Fsp3) is 0.207. The van der Waals surface area contributed by atoms with Crippen LogP contribution < -0.4 is 19.1 Å². The molecule has 4 rings (SSSR count). The lowest BCUT2D eigenvalue weighted by molar-refractivity contribution is -0.139. The highest BCUT2D eigenvalue weighted by atomic mass is 32.2. The number of rotatable bonds is 13. The summed E-state index contributed by atoms with van der Waals surface area (Å²) in [6, 6.07) is 15.5. The Labute approximate surface area is 241 Å². The second-order valence-corrected chi connectivity index (χ2v) is 10.9. The van der Waals surface area contributed by atoms with Crippen LogP contribution in [0.2, 0.25) is 0 Å². The highest BCUT2D eigenvalue weighted by Gasteiger charge is 2.28. The Morgan fingerprint density at radius 3 is 2.40 bits per heavy atom. The second-order valence-electron chi connectivity index (χ2n) is 9.16. The lowest BCUT2D eigenvalue weighted by atomic mass is 10.0. The van der Waals surface area contributed by atoms with Crippen molar-refractivity contribution in [1.82, 2.24) is 9.71 Å². The highest BCUT2D eigenvalue weighted by Crippen LogP contribution is 2.32. The summed E-state index contributed by atoms with van der Waals surface area (Å²) >= 11 is 0. The largest absolute Gasteiger partial charge is 0.497 e. The zero-order chi connectivity index (χ0) is 30.4. The van der Waals surface area contributed by atoms with Crippen LogP contribution in [0.3, 0.4) is 0 Å². The number of methoxy groups -OCH3 is 1. The first-order chi connectivity index (χ1) is 20.0. The number of sulfonamides is 1. The van der Waals surface area contributed by atoms with E-state index in [0.717, 1.165) is 10.9 Å². The number of ether oxygens (including phenoxy) is 2. The zero-order valence-corrected chi connectivity index (χ0v) is 23.6. The van der Waals surface area contributed by atoms with Gasteiger partial charge in [0.2, 0.25) is 15.9 Å². The molecule has 0 aliphatic rings. The normalized spacial score (nSPS) is 12.0. The number of fused-ring (bicyclic) bond motifs is 1. The molecular weight excluding hydrogens is 566 g/mol. The summed E-state index contributed by atoms with van der Waals surface area (Å²) in [5, 5.41) is 19.4. The maximum Gasteiger partial charge on any atom is 0.341 e. The first kappa shape index (κ1) is 30.1. The number of aromatic carboxylic acids is 1. The van der Waals surface area contributed by atoms with Crippen molar-refractivity contribution in [2.24, 2.45) is 0 Å². The van der Waals surface area contributed by atoms with E-state index in [2.05, 4.69) is 9.71 Å². The molecule has 3 aromatic carbocycles. The Morgan fingerprint density at radius 2 is 1.76 bits per heavy atom. The van der Waals surface area contributed by atoms with Crippen LogP contribution in [0.4, 0.5) is 5.69 Å². The van der Waals surface area contributed by atoms with Gasteiger partial charge >= 0.3 is 11.9 Å². The molecule has 0 saturated carbocycles. The number of carboxylic acid groups (broad SMARTS) is 2. The molecular formula is C29H29N3O9S. The molecule has 12 nitrogen and oxygen atoms in total. The standard InChI is InChI=1S/C29H29N3O9S/c1-3-32(25-16-30-24-14-19(40-2)10-11-21(24)25)27(33)15-23(31-42(38,39)20-7-5-4-6-8-20)18-9-12-26(41-17-28(34)35)22(13-18)29(36)37/h4-14,16,23,30-31H,3,15,17H2,1-2H3,(H,34,35)(H,36,37). The van der Waals surface area contributed by atoms with Gasteiger partial charge in [-0.25, -0.2) is 22.7 Å². The van der Waals surface area contributed by atoms with Crippen LogP contribution in [0.15, 0.2) is 77.8 Å². The lowest BCUT2D eigenvalue weighted by Gasteiger charge is -2.25. The number of nitrogens with zero attached hydrogens (tertiary/aromatic N) is 1. The molecule has 13 heteroatoms. The van der Waals surface area contributed by atoms with Crippen LogP contribution in [0.25, 0.3) is 10.9 Å². The Morgan fingerprint density at radius 1 is 1.02 bits per heavy atom. The van der Waals surface area contributed by atoms with Crippen LogP contribution in [0.5, 0.6) is 11.5 Å². The van der Waals surface area contributed by atoms with E-state index in [9.17, 15) is 27.9 Å². The third kappa shape index (κ3) is 6.70. The number of aromatic amines is 1. The first-order valence-corrected chi connectivity index (χ1v) is 14.3.